The van der Waals surface area contributed by atoms with Gasteiger partial charge in [0, 0.05) is 18.1 Å². The van der Waals surface area contributed by atoms with E-state index in [0.717, 1.165) is 25.9 Å². The van der Waals surface area contributed by atoms with Crippen molar-refractivity contribution in [3.63, 3.8) is 0 Å². The van der Waals surface area contributed by atoms with E-state index in [9.17, 15) is 4.79 Å². The second-order valence-electron chi connectivity index (χ2n) is 5.62. The minimum absolute atomic E-state index is 0. The Morgan fingerprint density at radius 3 is 2.90 bits per heavy atom. The van der Waals surface area contributed by atoms with E-state index in [1.165, 1.54) is 7.11 Å². The number of piperidine rings is 1. The van der Waals surface area contributed by atoms with Gasteiger partial charge in [0.1, 0.15) is 5.75 Å². The lowest BCUT2D eigenvalue weighted by molar-refractivity contribution is 0.0921. The molecule has 1 amide bonds. The van der Waals surface area contributed by atoms with Crippen LogP contribution in [0.2, 0.25) is 5.02 Å². The molecule has 1 unspecified atom stereocenters. The lowest BCUT2D eigenvalue weighted by atomic mass is 9.83. The molecule has 1 aliphatic heterocycles. The number of amides is 1. The molecule has 1 saturated heterocycles. The number of hydrogen-bond acceptors (Lipinski definition) is 3. The lowest BCUT2D eigenvalue weighted by Gasteiger charge is -2.34. The van der Waals surface area contributed by atoms with Gasteiger partial charge in [-0.05, 0) is 43.0 Å². The molecule has 1 heterocycles. The quantitative estimate of drug-likeness (QED) is 0.891. The third-order valence-corrected chi connectivity index (χ3v) is 4.00. The molecule has 0 aromatic heterocycles. The second kappa shape index (κ2) is 7.87. The summed E-state index contributed by atoms with van der Waals surface area (Å²) in [6.45, 7) is 4.85. The van der Waals surface area contributed by atoms with Gasteiger partial charge < -0.3 is 15.4 Å². The maximum absolute atomic E-state index is 12.3. The number of hydrogen-bond donors (Lipinski definition) is 2. The first-order valence-electron chi connectivity index (χ1n) is 6.86. The summed E-state index contributed by atoms with van der Waals surface area (Å²) in [7, 11) is 1.54. The molecule has 0 bridgehead atoms. The van der Waals surface area contributed by atoms with Gasteiger partial charge in [-0.3, -0.25) is 4.79 Å². The Morgan fingerprint density at radius 2 is 2.29 bits per heavy atom. The van der Waals surface area contributed by atoms with Gasteiger partial charge >= 0.3 is 0 Å². The van der Waals surface area contributed by atoms with Crippen LogP contribution in [0.25, 0.3) is 0 Å². The van der Waals surface area contributed by atoms with Crippen LogP contribution in [-0.2, 0) is 0 Å². The molecule has 0 saturated carbocycles. The average molecular weight is 333 g/mol. The summed E-state index contributed by atoms with van der Waals surface area (Å²) in [6, 6.07) is 5.04. The Bertz CT molecular complexity index is 489. The zero-order valence-electron chi connectivity index (χ0n) is 12.4. The second-order valence-corrected chi connectivity index (χ2v) is 6.05. The van der Waals surface area contributed by atoms with Gasteiger partial charge in [-0.1, -0.05) is 18.5 Å². The number of carbonyl (C=O) groups excluding carboxylic acids is 1. The molecule has 0 aliphatic carbocycles. The van der Waals surface area contributed by atoms with E-state index in [-0.39, 0.29) is 23.7 Å². The van der Waals surface area contributed by atoms with E-state index in [0.29, 0.717) is 22.9 Å². The van der Waals surface area contributed by atoms with Gasteiger partial charge in [-0.2, -0.15) is 0 Å². The number of benzene rings is 1. The van der Waals surface area contributed by atoms with Gasteiger partial charge in [0.05, 0.1) is 12.7 Å². The fraction of sp³-hybridized carbons (Fsp3) is 0.533. The molecule has 1 aliphatic rings. The molecule has 1 fully saturated rings. The highest BCUT2D eigenvalue weighted by molar-refractivity contribution is 6.30. The highest BCUT2D eigenvalue weighted by atomic mass is 35.5. The molecule has 21 heavy (non-hydrogen) atoms. The van der Waals surface area contributed by atoms with Crippen LogP contribution >= 0.6 is 24.0 Å². The monoisotopic (exact) mass is 332 g/mol. The van der Waals surface area contributed by atoms with Crippen molar-refractivity contribution in [3.8, 4) is 5.75 Å². The first kappa shape index (κ1) is 18.1. The zero-order chi connectivity index (χ0) is 14.6. The number of nitrogens with one attached hydrogen (secondary N) is 2. The molecular weight excluding hydrogens is 311 g/mol. The van der Waals surface area contributed by atoms with Crippen LogP contribution in [-0.4, -0.2) is 32.7 Å². The predicted molar refractivity (Wildman–Crippen MR) is 87.8 cm³/mol. The summed E-state index contributed by atoms with van der Waals surface area (Å²) in [5, 5.41) is 6.93. The van der Waals surface area contributed by atoms with E-state index >= 15 is 0 Å². The van der Waals surface area contributed by atoms with Crippen molar-refractivity contribution in [3.05, 3.63) is 28.8 Å². The molecule has 4 nitrogen and oxygen atoms in total. The summed E-state index contributed by atoms with van der Waals surface area (Å²) in [5.41, 5.74) is 0.636. The molecule has 6 heteroatoms. The van der Waals surface area contributed by atoms with Gasteiger partial charge in [0.2, 0.25) is 0 Å². The van der Waals surface area contributed by atoms with Crippen LogP contribution in [0.1, 0.15) is 30.1 Å². The molecule has 0 radical (unpaired) electrons. The Kier molecular flexibility index (Phi) is 6.78. The van der Waals surface area contributed by atoms with Crippen LogP contribution in [0.5, 0.6) is 5.75 Å². The highest BCUT2D eigenvalue weighted by Crippen LogP contribution is 2.26. The molecule has 1 aromatic rings. The number of carbonyl (C=O) groups is 1. The molecule has 1 atom stereocenters. The summed E-state index contributed by atoms with van der Waals surface area (Å²) in [5.74, 6) is 0.382. The number of halogens is 2. The van der Waals surface area contributed by atoms with Gasteiger partial charge in [0.15, 0.2) is 0 Å². The van der Waals surface area contributed by atoms with E-state index in [2.05, 4.69) is 17.6 Å². The SMILES string of the molecule is COc1cc(Cl)ccc1C(=O)NCC1(C)CCCNC1.Cl. The largest absolute Gasteiger partial charge is 0.496 e. The fourth-order valence-corrected chi connectivity index (χ4v) is 2.67. The smallest absolute Gasteiger partial charge is 0.255 e. The Hall–Kier alpha value is -0.970. The topological polar surface area (TPSA) is 50.4 Å². The summed E-state index contributed by atoms with van der Waals surface area (Å²) < 4.78 is 5.21. The predicted octanol–water partition coefficient (Wildman–Crippen LogP) is 2.89. The maximum atomic E-state index is 12.3. The molecule has 0 spiro atoms. The number of rotatable bonds is 4. The molecule has 118 valence electrons. The van der Waals surface area contributed by atoms with Crippen molar-refractivity contribution < 1.29 is 9.53 Å². The van der Waals surface area contributed by atoms with E-state index in [1.807, 2.05) is 0 Å². The molecule has 1 aromatic carbocycles. The van der Waals surface area contributed by atoms with Crippen LogP contribution in [0.15, 0.2) is 18.2 Å². The van der Waals surface area contributed by atoms with Crippen LogP contribution in [0.4, 0.5) is 0 Å². The van der Waals surface area contributed by atoms with Gasteiger partial charge in [0.25, 0.3) is 5.91 Å². The van der Waals surface area contributed by atoms with Crippen LogP contribution in [0, 0.1) is 5.41 Å². The van der Waals surface area contributed by atoms with E-state index in [4.69, 9.17) is 16.3 Å². The fourth-order valence-electron chi connectivity index (χ4n) is 2.51. The van der Waals surface area contributed by atoms with Crippen molar-refractivity contribution >= 4 is 29.9 Å². The average Bonchev–Trinajstić information content (AvgIpc) is 2.45. The van der Waals surface area contributed by atoms with Crippen molar-refractivity contribution in [2.45, 2.75) is 19.8 Å². The zero-order valence-corrected chi connectivity index (χ0v) is 13.9. The number of methoxy groups -OCH3 is 1. The summed E-state index contributed by atoms with van der Waals surface area (Å²) in [4.78, 5) is 12.3. The summed E-state index contributed by atoms with van der Waals surface area (Å²) >= 11 is 5.90. The molecular formula is C15H22Cl2N2O2. The van der Waals surface area contributed by atoms with Crippen LogP contribution < -0.4 is 15.4 Å². The summed E-state index contributed by atoms with van der Waals surface area (Å²) in [6.07, 6.45) is 2.27. The van der Waals surface area contributed by atoms with Crippen molar-refractivity contribution in [2.75, 3.05) is 26.7 Å². The lowest BCUT2D eigenvalue weighted by Crippen LogP contribution is -2.45. The minimum Gasteiger partial charge on any atom is -0.496 e. The minimum atomic E-state index is -0.120. The molecule has 2 rings (SSSR count). The molecule has 2 N–H and O–H groups in total. The van der Waals surface area contributed by atoms with Crippen LogP contribution in [0.3, 0.4) is 0 Å². The number of ether oxygens (including phenoxy) is 1. The highest BCUT2D eigenvalue weighted by Gasteiger charge is 2.27. The van der Waals surface area contributed by atoms with Gasteiger partial charge in [-0.25, -0.2) is 0 Å². The van der Waals surface area contributed by atoms with Gasteiger partial charge in [-0.15, -0.1) is 12.4 Å². The first-order valence-corrected chi connectivity index (χ1v) is 7.24. The Labute approximate surface area is 137 Å². The Morgan fingerprint density at radius 1 is 1.52 bits per heavy atom. The first-order chi connectivity index (χ1) is 9.54. The maximum Gasteiger partial charge on any atom is 0.255 e. The van der Waals surface area contributed by atoms with Crippen molar-refractivity contribution in [1.82, 2.24) is 10.6 Å². The van der Waals surface area contributed by atoms with E-state index < -0.39 is 0 Å². The van der Waals surface area contributed by atoms with Crippen molar-refractivity contribution in [2.24, 2.45) is 5.41 Å². The normalized spacial score (nSPS) is 21.3. The Balaban J connectivity index is 0.00000220. The van der Waals surface area contributed by atoms with E-state index in [1.54, 1.807) is 18.2 Å². The van der Waals surface area contributed by atoms with Crippen molar-refractivity contribution in [1.29, 1.82) is 0 Å². The standard InChI is InChI=1S/C15H21ClN2O2.ClH/c1-15(6-3-7-17-9-15)10-18-14(19)12-5-4-11(16)8-13(12)20-2;/h4-5,8,17H,3,6-7,9-10H2,1-2H3,(H,18,19);1H. The third-order valence-electron chi connectivity index (χ3n) is 3.77. The third kappa shape index (κ3) is 4.77.